The van der Waals surface area contributed by atoms with Gasteiger partial charge in [-0.05, 0) is 77.9 Å². The number of hydrogen-bond acceptors (Lipinski definition) is 3. The molecule has 37 heavy (non-hydrogen) atoms. The van der Waals surface area contributed by atoms with Gasteiger partial charge in [-0.1, -0.05) is 42.7 Å². The number of nitriles is 2. The van der Waals surface area contributed by atoms with Gasteiger partial charge in [0.25, 0.3) is 0 Å². The molecule has 0 saturated carbocycles. The highest BCUT2D eigenvalue weighted by atomic mass is 19.1. The van der Waals surface area contributed by atoms with Crippen LogP contribution in [0.3, 0.4) is 0 Å². The second-order valence-corrected chi connectivity index (χ2v) is 8.25. The summed E-state index contributed by atoms with van der Waals surface area (Å²) in [4.78, 5) is 12.3. The average molecular weight is 482 g/mol. The molecule has 0 saturated heterocycles. The van der Waals surface area contributed by atoms with E-state index in [0.29, 0.717) is 40.8 Å². The summed E-state index contributed by atoms with van der Waals surface area (Å²) < 4.78 is 13.9. The van der Waals surface area contributed by atoms with Gasteiger partial charge in [-0.2, -0.15) is 10.5 Å². The van der Waals surface area contributed by atoms with E-state index in [4.69, 9.17) is 10.5 Å². The maximum absolute atomic E-state index is 13.9. The summed E-state index contributed by atoms with van der Waals surface area (Å²) in [5, 5.41) is 22.8. The van der Waals surface area contributed by atoms with Gasteiger partial charge in [-0.25, -0.2) is 4.39 Å². The SMILES string of the molecule is CCCC(=O)Nc1cc(C#Cc2ccc(C#N)c(F)c2)ccc1C#Cc1ccc2cc(C#N)ccc2c1. The topological polar surface area (TPSA) is 76.7 Å². The van der Waals surface area contributed by atoms with Crippen LogP contribution in [0.1, 0.15) is 53.1 Å². The zero-order chi connectivity index (χ0) is 26.2. The Hall–Kier alpha value is -5.36. The third kappa shape index (κ3) is 6.21. The van der Waals surface area contributed by atoms with Gasteiger partial charge < -0.3 is 5.32 Å². The van der Waals surface area contributed by atoms with Crippen molar-refractivity contribution in [2.45, 2.75) is 19.8 Å². The Kier molecular flexibility index (Phi) is 7.61. The molecule has 1 N–H and O–H groups in total. The predicted molar refractivity (Wildman–Crippen MR) is 142 cm³/mol. The number of nitrogens with zero attached hydrogens (tertiary/aromatic N) is 2. The van der Waals surface area contributed by atoms with Crippen LogP contribution in [0.2, 0.25) is 0 Å². The molecule has 0 bridgehead atoms. The molecule has 0 atom stereocenters. The van der Waals surface area contributed by atoms with Crippen LogP contribution in [0.5, 0.6) is 0 Å². The van der Waals surface area contributed by atoms with Crippen molar-refractivity contribution in [1.29, 1.82) is 10.5 Å². The lowest BCUT2D eigenvalue weighted by molar-refractivity contribution is -0.116. The lowest BCUT2D eigenvalue weighted by Gasteiger charge is -2.08. The number of amides is 1. The van der Waals surface area contributed by atoms with E-state index in [1.165, 1.54) is 12.1 Å². The fraction of sp³-hybridized carbons (Fsp3) is 0.0938. The summed E-state index contributed by atoms with van der Waals surface area (Å²) >= 11 is 0. The third-order valence-electron chi connectivity index (χ3n) is 5.52. The molecule has 176 valence electrons. The van der Waals surface area contributed by atoms with Crippen molar-refractivity contribution in [3.8, 4) is 35.8 Å². The first-order valence-corrected chi connectivity index (χ1v) is 11.6. The molecule has 0 aliphatic heterocycles. The Labute approximate surface area is 215 Å². The summed E-state index contributed by atoms with van der Waals surface area (Å²) in [7, 11) is 0. The molecule has 0 spiro atoms. The van der Waals surface area contributed by atoms with Gasteiger partial charge >= 0.3 is 0 Å². The highest BCUT2D eigenvalue weighted by Crippen LogP contribution is 2.20. The number of rotatable bonds is 3. The van der Waals surface area contributed by atoms with Crippen molar-refractivity contribution in [3.05, 3.63) is 112 Å². The summed E-state index contributed by atoms with van der Waals surface area (Å²) in [6, 6.07) is 24.7. The molecule has 4 rings (SSSR count). The molecule has 4 aromatic rings. The molecule has 0 aromatic heterocycles. The number of hydrogen-bond donors (Lipinski definition) is 1. The van der Waals surface area contributed by atoms with Gasteiger partial charge in [0.1, 0.15) is 11.9 Å². The van der Waals surface area contributed by atoms with Crippen LogP contribution < -0.4 is 5.32 Å². The number of halogens is 1. The Morgan fingerprint density at radius 1 is 0.730 bits per heavy atom. The first-order chi connectivity index (χ1) is 18.0. The zero-order valence-corrected chi connectivity index (χ0v) is 20.0. The minimum absolute atomic E-state index is 0.0345. The molecule has 0 aliphatic rings. The fourth-order valence-electron chi connectivity index (χ4n) is 3.63. The monoisotopic (exact) mass is 481 g/mol. The van der Waals surface area contributed by atoms with Crippen LogP contribution in [0.4, 0.5) is 10.1 Å². The predicted octanol–water partition coefficient (Wildman–Crippen LogP) is 6.26. The lowest BCUT2D eigenvalue weighted by Crippen LogP contribution is -2.11. The summed E-state index contributed by atoms with van der Waals surface area (Å²) in [5.41, 5.74) is 3.62. The molecular formula is C32H20FN3O. The van der Waals surface area contributed by atoms with Crippen LogP contribution in [-0.2, 0) is 4.79 Å². The maximum atomic E-state index is 13.9. The van der Waals surface area contributed by atoms with E-state index < -0.39 is 5.82 Å². The highest BCUT2D eigenvalue weighted by Gasteiger charge is 2.07. The largest absolute Gasteiger partial charge is 0.325 e. The molecule has 0 aliphatic carbocycles. The maximum Gasteiger partial charge on any atom is 0.224 e. The molecule has 0 heterocycles. The summed E-state index contributed by atoms with van der Waals surface area (Å²) in [6.45, 7) is 1.93. The Morgan fingerprint density at radius 2 is 1.30 bits per heavy atom. The number of carbonyl (C=O) groups is 1. The normalized spacial score (nSPS) is 9.73. The van der Waals surface area contributed by atoms with Gasteiger partial charge in [0.15, 0.2) is 0 Å². The molecule has 0 fully saturated rings. The quantitative estimate of drug-likeness (QED) is 0.351. The fourth-order valence-corrected chi connectivity index (χ4v) is 3.63. The molecule has 0 unspecified atom stereocenters. The molecule has 4 nitrogen and oxygen atoms in total. The van der Waals surface area contributed by atoms with Crippen LogP contribution in [0, 0.1) is 52.2 Å². The standard InChI is InChI=1S/C32H20FN3O/c1-2-3-32(37)36-31-19-24(5-4-23-9-15-29(21-35)30(33)18-23)7-12-26(31)11-6-22-8-13-28-17-25(20-34)10-14-27(28)16-22/h7-10,12-19H,2-3H2,1H3,(H,36,37). The van der Waals surface area contributed by atoms with Crippen LogP contribution >= 0.6 is 0 Å². The average Bonchev–Trinajstić information content (AvgIpc) is 2.91. The number of anilines is 1. The molecule has 4 aromatic carbocycles. The molecular weight excluding hydrogens is 461 g/mol. The number of benzene rings is 4. The van der Waals surface area contributed by atoms with Gasteiger partial charge in [-0.15, -0.1) is 0 Å². The van der Waals surface area contributed by atoms with Crippen LogP contribution in [0.25, 0.3) is 10.8 Å². The third-order valence-corrected chi connectivity index (χ3v) is 5.52. The highest BCUT2D eigenvalue weighted by molar-refractivity contribution is 5.92. The van der Waals surface area contributed by atoms with Crippen molar-refractivity contribution in [3.63, 3.8) is 0 Å². The van der Waals surface area contributed by atoms with Crippen molar-refractivity contribution in [1.82, 2.24) is 0 Å². The Morgan fingerprint density at radius 3 is 1.95 bits per heavy atom. The van der Waals surface area contributed by atoms with Gasteiger partial charge in [0.2, 0.25) is 5.91 Å². The summed E-state index contributed by atoms with van der Waals surface area (Å²) in [5.74, 6) is 11.4. The molecule has 5 heteroatoms. The van der Waals surface area contributed by atoms with E-state index in [-0.39, 0.29) is 11.5 Å². The first kappa shape index (κ1) is 24.8. The van der Waals surface area contributed by atoms with E-state index in [9.17, 15) is 9.18 Å². The van der Waals surface area contributed by atoms with E-state index >= 15 is 0 Å². The van der Waals surface area contributed by atoms with Crippen molar-refractivity contribution in [2.75, 3.05) is 5.32 Å². The Bertz CT molecular complexity index is 1730. The zero-order valence-electron chi connectivity index (χ0n) is 20.0. The molecule has 1 amide bonds. The smallest absolute Gasteiger partial charge is 0.224 e. The number of fused-ring (bicyclic) bond motifs is 1. The second kappa shape index (κ2) is 11.4. The van der Waals surface area contributed by atoms with Gasteiger partial charge in [0, 0.05) is 28.7 Å². The minimum atomic E-state index is -0.619. The lowest BCUT2D eigenvalue weighted by atomic mass is 10.0. The first-order valence-electron chi connectivity index (χ1n) is 11.6. The van der Waals surface area contributed by atoms with Gasteiger partial charge in [0.05, 0.1) is 22.9 Å². The van der Waals surface area contributed by atoms with Gasteiger partial charge in [-0.3, -0.25) is 4.79 Å². The number of carbonyl (C=O) groups excluding carboxylic acids is 1. The summed E-state index contributed by atoms with van der Waals surface area (Å²) in [6.07, 6.45) is 1.09. The second-order valence-electron chi connectivity index (χ2n) is 8.25. The van der Waals surface area contributed by atoms with E-state index in [1.807, 2.05) is 37.3 Å². The van der Waals surface area contributed by atoms with E-state index in [1.54, 1.807) is 36.4 Å². The van der Waals surface area contributed by atoms with E-state index in [0.717, 1.165) is 16.3 Å². The van der Waals surface area contributed by atoms with Crippen LogP contribution in [-0.4, -0.2) is 5.91 Å². The number of nitrogens with one attached hydrogen (secondary N) is 1. The van der Waals surface area contributed by atoms with Crippen molar-refractivity contribution in [2.24, 2.45) is 0 Å². The van der Waals surface area contributed by atoms with E-state index in [2.05, 4.69) is 35.1 Å². The van der Waals surface area contributed by atoms with Crippen molar-refractivity contribution < 1.29 is 9.18 Å². The van der Waals surface area contributed by atoms with Crippen LogP contribution in [0.15, 0.2) is 72.8 Å². The van der Waals surface area contributed by atoms with Crippen molar-refractivity contribution >= 4 is 22.4 Å². The Balaban J connectivity index is 1.66. The minimum Gasteiger partial charge on any atom is -0.325 e. The molecule has 0 radical (unpaired) electrons.